The summed E-state index contributed by atoms with van der Waals surface area (Å²) in [6.07, 6.45) is 3.51. The number of aliphatic hydroxyl groups is 1. The van der Waals surface area contributed by atoms with Gasteiger partial charge in [-0.05, 0) is 37.1 Å². The van der Waals surface area contributed by atoms with Crippen LogP contribution in [0, 0.1) is 5.41 Å². The molecule has 106 valence electrons. The van der Waals surface area contributed by atoms with Gasteiger partial charge in [-0.2, -0.15) is 0 Å². The van der Waals surface area contributed by atoms with Crippen LogP contribution >= 0.6 is 11.6 Å². The Kier molecular flexibility index (Phi) is 2.85. The second kappa shape index (κ2) is 4.48. The summed E-state index contributed by atoms with van der Waals surface area (Å²) in [7, 11) is 0. The predicted octanol–water partition coefficient (Wildman–Crippen LogP) is 3.17. The number of fused-ring (bicyclic) bond motifs is 1. The number of nitrogens with zero attached hydrogens (tertiary/aromatic N) is 1. The number of β-amino-alcohol motifs (C(OH)–C–C–N with tert-alkyl or cyclic N) is 1. The van der Waals surface area contributed by atoms with E-state index in [1.165, 1.54) is 25.0 Å². The zero-order valence-corrected chi connectivity index (χ0v) is 12.2. The molecule has 1 saturated heterocycles. The molecule has 1 aromatic heterocycles. The number of benzene rings is 1. The fourth-order valence-electron chi connectivity index (χ4n) is 3.79. The normalized spacial score (nSPS) is 25.4. The summed E-state index contributed by atoms with van der Waals surface area (Å²) in [5, 5.41) is 12.2. The first-order valence-electron chi connectivity index (χ1n) is 7.32. The van der Waals surface area contributed by atoms with Gasteiger partial charge in [-0.3, -0.25) is 4.90 Å². The van der Waals surface area contributed by atoms with E-state index in [0.717, 1.165) is 35.6 Å². The molecule has 0 bridgehead atoms. The Labute approximate surface area is 123 Å². The first-order chi connectivity index (χ1) is 9.64. The van der Waals surface area contributed by atoms with Crippen molar-refractivity contribution >= 4 is 22.5 Å². The number of rotatable bonds is 2. The summed E-state index contributed by atoms with van der Waals surface area (Å²) in [5.41, 5.74) is 2.53. The summed E-state index contributed by atoms with van der Waals surface area (Å²) < 4.78 is 0. The highest BCUT2D eigenvalue weighted by Crippen LogP contribution is 2.48. The minimum atomic E-state index is -0.143. The van der Waals surface area contributed by atoms with Gasteiger partial charge in [0.15, 0.2) is 0 Å². The van der Waals surface area contributed by atoms with Crippen LogP contribution in [-0.2, 0) is 6.54 Å². The van der Waals surface area contributed by atoms with Gasteiger partial charge in [0, 0.05) is 46.7 Å². The van der Waals surface area contributed by atoms with Crippen LogP contribution in [0.25, 0.3) is 10.9 Å². The smallest absolute Gasteiger partial charge is 0.0735 e. The van der Waals surface area contributed by atoms with Crippen LogP contribution in [0.15, 0.2) is 24.3 Å². The number of nitrogens with one attached hydrogen (secondary N) is 1. The van der Waals surface area contributed by atoms with E-state index in [2.05, 4.69) is 16.0 Å². The topological polar surface area (TPSA) is 39.3 Å². The summed E-state index contributed by atoms with van der Waals surface area (Å²) in [6.45, 7) is 2.71. The van der Waals surface area contributed by atoms with E-state index in [1.807, 2.05) is 18.2 Å². The van der Waals surface area contributed by atoms with Crippen molar-refractivity contribution in [3.63, 3.8) is 0 Å². The van der Waals surface area contributed by atoms with Crippen molar-refractivity contribution in [1.82, 2.24) is 9.88 Å². The number of likely N-dealkylation sites (tertiary alicyclic amines) is 1. The standard InChI is InChI=1S/C16H19ClN2O/c17-12-2-3-14-11(6-12)7-13(18-14)8-19-9-15(20)16(10-19)4-1-5-16/h2-3,6-7,15,18,20H,1,4-5,8-10H2. The third-order valence-electron chi connectivity index (χ3n) is 5.06. The molecule has 2 aliphatic rings. The molecule has 2 aromatic rings. The van der Waals surface area contributed by atoms with E-state index in [1.54, 1.807) is 0 Å². The van der Waals surface area contributed by atoms with Crippen LogP contribution in [0.5, 0.6) is 0 Å². The third kappa shape index (κ3) is 1.96. The Morgan fingerprint density at radius 2 is 2.20 bits per heavy atom. The van der Waals surface area contributed by atoms with Crippen LogP contribution in [-0.4, -0.2) is 34.2 Å². The molecule has 1 aliphatic carbocycles. The lowest BCUT2D eigenvalue weighted by molar-refractivity contribution is 0.00747. The van der Waals surface area contributed by atoms with Crippen molar-refractivity contribution in [1.29, 1.82) is 0 Å². The first kappa shape index (κ1) is 12.7. The number of H-pyrrole nitrogens is 1. The van der Waals surface area contributed by atoms with Crippen molar-refractivity contribution < 1.29 is 5.11 Å². The molecule has 20 heavy (non-hydrogen) atoms. The highest BCUT2D eigenvalue weighted by atomic mass is 35.5. The Hall–Kier alpha value is -1.03. The monoisotopic (exact) mass is 290 g/mol. The van der Waals surface area contributed by atoms with E-state index in [-0.39, 0.29) is 11.5 Å². The highest BCUT2D eigenvalue weighted by molar-refractivity contribution is 6.31. The van der Waals surface area contributed by atoms with Crippen LogP contribution in [0.3, 0.4) is 0 Å². The Bertz CT molecular complexity index is 647. The maximum atomic E-state index is 10.3. The van der Waals surface area contributed by atoms with Crippen LogP contribution in [0.2, 0.25) is 5.02 Å². The minimum absolute atomic E-state index is 0.143. The lowest BCUT2D eigenvalue weighted by Crippen LogP contribution is -2.40. The van der Waals surface area contributed by atoms with E-state index < -0.39 is 0 Å². The molecule has 1 atom stereocenters. The molecule has 0 radical (unpaired) electrons. The van der Waals surface area contributed by atoms with E-state index >= 15 is 0 Å². The van der Waals surface area contributed by atoms with Crippen molar-refractivity contribution in [2.24, 2.45) is 5.41 Å². The molecule has 4 heteroatoms. The van der Waals surface area contributed by atoms with Crippen LogP contribution in [0.4, 0.5) is 0 Å². The van der Waals surface area contributed by atoms with Crippen molar-refractivity contribution in [3.05, 3.63) is 35.0 Å². The number of hydrogen-bond donors (Lipinski definition) is 2. The number of aliphatic hydroxyl groups excluding tert-OH is 1. The van der Waals surface area contributed by atoms with Gasteiger partial charge in [-0.25, -0.2) is 0 Å². The summed E-state index contributed by atoms with van der Waals surface area (Å²) in [6, 6.07) is 8.09. The molecule has 1 unspecified atom stereocenters. The second-order valence-corrected chi connectivity index (χ2v) is 6.86. The molecule has 0 amide bonds. The van der Waals surface area contributed by atoms with E-state index in [4.69, 9.17) is 11.6 Å². The largest absolute Gasteiger partial charge is 0.391 e. The summed E-state index contributed by atoms with van der Waals surface area (Å²) in [5.74, 6) is 0. The van der Waals surface area contributed by atoms with Gasteiger partial charge >= 0.3 is 0 Å². The molecular weight excluding hydrogens is 272 g/mol. The molecule has 3 nitrogen and oxygen atoms in total. The average molecular weight is 291 g/mol. The van der Waals surface area contributed by atoms with Gasteiger partial charge in [0.25, 0.3) is 0 Å². The molecule has 4 rings (SSSR count). The van der Waals surface area contributed by atoms with Crippen molar-refractivity contribution in [3.8, 4) is 0 Å². The van der Waals surface area contributed by atoms with Gasteiger partial charge in [0.05, 0.1) is 6.10 Å². The van der Waals surface area contributed by atoms with Gasteiger partial charge in [-0.1, -0.05) is 18.0 Å². The third-order valence-corrected chi connectivity index (χ3v) is 5.29. The van der Waals surface area contributed by atoms with Gasteiger partial charge < -0.3 is 10.1 Å². The highest BCUT2D eigenvalue weighted by Gasteiger charge is 2.49. The van der Waals surface area contributed by atoms with Crippen LogP contribution in [0.1, 0.15) is 25.0 Å². The molecule has 2 heterocycles. The molecule has 1 spiro atoms. The van der Waals surface area contributed by atoms with Crippen molar-refractivity contribution in [2.45, 2.75) is 31.9 Å². The van der Waals surface area contributed by atoms with Gasteiger partial charge in [0.1, 0.15) is 0 Å². The van der Waals surface area contributed by atoms with E-state index in [9.17, 15) is 5.11 Å². The molecular formula is C16H19ClN2O. The second-order valence-electron chi connectivity index (χ2n) is 6.43. The average Bonchev–Trinajstić information content (AvgIpc) is 2.88. The summed E-state index contributed by atoms with van der Waals surface area (Å²) >= 11 is 6.02. The van der Waals surface area contributed by atoms with Crippen LogP contribution < -0.4 is 0 Å². The molecule has 1 saturated carbocycles. The first-order valence-corrected chi connectivity index (χ1v) is 7.70. The maximum absolute atomic E-state index is 10.3. The molecule has 1 aliphatic heterocycles. The van der Waals surface area contributed by atoms with Gasteiger partial charge in [0.2, 0.25) is 0 Å². The number of halogens is 1. The lowest BCUT2D eigenvalue weighted by atomic mass is 9.67. The van der Waals surface area contributed by atoms with E-state index in [0.29, 0.717) is 0 Å². The zero-order valence-electron chi connectivity index (χ0n) is 11.4. The maximum Gasteiger partial charge on any atom is 0.0735 e. The predicted molar refractivity (Wildman–Crippen MR) is 80.9 cm³/mol. The minimum Gasteiger partial charge on any atom is -0.391 e. The fourth-order valence-corrected chi connectivity index (χ4v) is 3.97. The summed E-state index contributed by atoms with van der Waals surface area (Å²) in [4.78, 5) is 5.82. The van der Waals surface area contributed by atoms with Crippen molar-refractivity contribution in [2.75, 3.05) is 13.1 Å². The fraction of sp³-hybridized carbons (Fsp3) is 0.500. The lowest BCUT2D eigenvalue weighted by Gasteiger charge is -2.40. The number of aromatic nitrogens is 1. The Balaban J connectivity index is 1.53. The van der Waals surface area contributed by atoms with Gasteiger partial charge in [-0.15, -0.1) is 0 Å². The number of aromatic amines is 1. The SMILES string of the molecule is OC1CN(Cc2cc3cc(Cl)ccc3[nH]2)CC12CCC2. The quantitative estimate of drug-likeness (QED) is 0.892. The molecule has 1 aromatic carbocycles. The number of hydrogen-bond acceptors (Lipinski definition) is 2. The molecule has 2 N–H and O–H groups in total. The Morgan fingerprint density at radius 1 is 1.35 bits per heavy atom. The molecule has 2 fully saturated rings. The zero-order chi connectivity index (χ0) is 13.7. The Morgan fingerprint density at radius 3 is 2.90 bits per heavy atom.